The fourth-order valence-electron chi connectivity index (χ4n) is 4.30. The maximum Gasteiger partial charge on any atom is 0.416 e. The highest BCUT2D eigenvalue weighted by atomic mass is 19.4. The molecular weight excluding hydrogens is 461 g/mol. The molecule has 0 aliphatic heterocycles. The van der Waals surface area contributed by atoms with Crippen LogP contribution in [0.25, 0.3) is 0 Å². The zero-order valence-corrected chi connectivity index (χ0v) is 20.2. The van der Waals surface area contributed by atoms with Crippen LogP contribution in [0.4, 0.5) is 13.2 Å². The van der Waals surface area contributed by atoms with Crippen LogP contribution in [0.3, 0.4) is 0 Å². The number of unbranched alkanes of at least 4 members (excludes halogenated alkanes) is 1. The highest BCUT2D eigenvalue weighted by Gasteiger charge is 2.39. The predicted molar refractivity (Wildman–Crippen MR) is 127 cm³/mol. The SMILES string of the molecule is CCCOC(=O)CCC/C=C\C[C@@H]1[C@@H](/C=C/[C@@H](O)CCc2cccc(C(F)(F)F)c2)[C@H](O)C[C@@H]1O. The lowest BCUT2D eigenvalue weighted by Gasteiger charge is -2.19. The standard InChI is InChI=1S/C27H37F3O5/c1-2-16-35-26(34)11-6-4-3-5-10-22-23(25(33)18-24(22)32)15-14-21(31)13-12-19-8-7-9-20(17-19)27(28,29)30/h3,5,7-9,14-15,17,21-25,31-33H,2,4,6,10-13,16,18H2,1H3/b5-3-,15-14+/t21-,22+,23+,24-,25+/m0/s1. The van der Waals surface area contributed by atoms with Gasteiger partial charge in [-0.25, -0.2) is 0 Å². The highest BCUT2D eigenvalue weighted by molar-refractivity contribution is 5.69. The van der Waals surface area contributed by atoms with E-state index in [9.17, 15) is 33.3 Å². The second-order valence-electron chi connectivity index (χ2n) is 9.12. The summed E-state index contributed by atoms with van der Waals surface area (Å²) in [6.07, 6.45) is 4.33. The molecule has 5 nitrogen and oxygen atoms in total. The van der Waals surface area contributed by atoms with Gasteiger partial charge in [0.05, 0.1) is 30.5 Å². The molecule has 0 saturated heterocycles. The van der Waals surface area contributed by atoms with Crippen LogP contribution in [0.5, 0.6) is 0 Å². The van der Waals surface area contributed by atoms with E-state index in [1.807, 2.05) is 19.1 Å². The van der Waals surface area contributed by atoms with Gasteiger partial charge >= 0.3 is 12.1 Å². The zero-order valence-electron chi connectivity index (χ0n) is 20.2. The van der Waals surface area contributed by atoms with Crippen LogP contribution in [-0.2, 0) is 22.1 Å². The molecule has 1 fully saturated rings. The Morgan fingerprint density at radius 3 is 2.71 bits per heavy atom. The number of ether oxygens (including phenoxy) is 1. The van der Waals surface area contributed by atoms with Gasteiger partial charge in [0.2, 0.25) is 0 Å². The number of carbonyl (C=O) groups excluding carboxylic acids is 1. The van der Waals surface area contributed by atoms with E-state index in [0.717, 1.165) is 18.6 Å². The molecule has 0 bridgehead atoms. The smallest absolute Gasteiger partial charge is 0.416 e. The number of benzene rings is 1. The third kappa shape index (κ3) is 10.2. The average molecular weight is 499 g/mol. The van der Waals surface area contributed by atoms with E-state index >= 15 is 0 Å². The van der Waals surface area contributed by atoms with Gasteiger partial charge in [0, 0.05) is 18.8 Å². The summed E-state index contributed by atoms with van der Waals surface area (Å²) in [5.41, 5.74) is -0.222. The van der Waals surface area contributed by atoms with Crippen LogP contribution in [0.2, 0.25) is 0 Å². The van der Waals surface area contributed by atoms with E-state index in [2.05, 4.69) is 0 Å². The lowest BCUT2D eigenvalue weighted by atomic mass is 9.89. The number of carbonyl (C=O) groups is 1. The molecule has 0 unspecified atom stereocenters. The molecule has 3 N–H and O–H groups in total. The summed E-state index contributed by atoms with van der Waals surface area (Å²) in [5.74, 6) is -0.740. The van der Waals surface area contributed by atoms with Gasteiger partial charge < -0.3 is 20.1 Å². The summed E-state index contributed by atoms with van der Waals surface area (Å²) in [5, 5.41) is 31.0. The molecule has 0 aromatic heterocycles. The molecule has 196 valence electrons. The number of alkyl halides is 3. The Morgan fingerprint density at radius 1 is 1.23 bits per heavy atom. The summed E-state index contributed by atoms with van der Waals surface area (Å²) < 4.78 is 43.6. The first-order valence-corrected chi connectivity index (χ1v) is 12.3. The monoisotopic (exact) mass is 498 g/mol. The first-order valence-electron chi connectivity index (χ1n) is 12.3. The lowest BCUT2D eigenvalue weighted by Crippen LogP contribution is -2.20. The summed E-state index contributed by atoms with van der Waals surface area (Å²) in [4.78, 5) is 11.5. The van der Waals surface area contributed by atoms with Gasteiger partial charge in [0.15, 0.2) is 0 Å². The lowest BCUT2D eigenvalue weighted by molar-refractivity contribution is -0.143. The summed E-state index contributed by atoms with van der Waals surface area (Å²) in [7, 11) is 0. The summed E-state index contributed by atoms with van der Waals surface area (Å²) in [6, 6.07) is 5.05. The number of esters is 1. The van der Waals surface area contributed by atoms with Gasteiger partial charge in [-0.05, 0) is 56.1 Å². The van der Waals surface area contributed by atoms with Crippen molar-refractivity contribution in [3.63, 3.8) is 0 Å². The van der Waals surface area contributed by atoms with Crippen LogP contribution in [0.15, 0.2) is 48.6 Å². The second-order valence-corrected chi connectivity index (χ2v) is 9.12. The van der Waals surface area contributed by atoms with Crippen molar-refractivity contribution in [1.82, 2.24) is 0 Å². The Kier molecular flexibility index (Phi) is 12.0. The molecule has 35 heavy (non-hydrogen) atoms. The van der Waals surface area contributed by atoms with Crippen molar-refractivity contribution in [1.29, 1.82) is 0 Å². The Balaban J connectivity index is 1.81. The largest absolute Gasteiger partial charge is 0.466 e. The molecule has 2 rings (SSSR count). The first-order chi connectivity index (χ1) is 16.6. The number of aryl methyl sites for hydroxylation is 1. The molecule has 5 atom stereocenters. The number of rotatable bonds is 13. The van der Waals surface area contributed by atoms with Crippen molar-refractivity contribution in [3.8, 4) is 0 Å². The minimum atomic E-state index is -4.40. The maximum absolute atomic E-state index is 12.9. The molecule has 0 amide bonds. The fourth-order valence-corrected chi connectivity index (χ4v) is 4.30. The fraction of sp³-hybridized carbons (Fsp3) is 0.593. The average Bonchev–Trinajstić information content (AvgIpc) is 3.08. The topological polar surface area (TPSA) is 87.0 Å². The first kappa shape index (κ1) is 29.1. The van der Waals surface area contributed by atoms with Crippen LogP contribution in [0, 0.1) is 11.8 Å². The predicted octanol–water partition coefficient (Wildman–Crippen LogP) is 4.98. The Hall–Kier alpha value is -2.16. The molecule has 1 aliphatic rings. The van der Waals surface area contributed by atoms with Crippen LogP contribution < -0.4 is 0 Å². The molecule has 8 heteroatoms. The molecule has 1 aromatic rings. The van der Waals surface area contributed by atoms with Crippen LogP contribution >= 0.6 is 0 Å². The quantitative estimate of drug-likeness (QED) is 0.203. The van der Waals surface area contributed by atoms with Crippen LogP contribution in [0.1, 0.15) is 63.0 Å². The van der Waals surface area contributed by atoms with E-state index in [4.69, 9.17) is 4.74 Å². The van der Waals surface area contributed by atoms with Gasteiger partial charge in [-0.15, -0.1) is 0 Å². The highest BCUT2D eigenvalue weighted by Crippen LogP contribution is 2.36. The van der Waals surface area contributed by atoms with Gasteiger partial charge in [0.25, 0.3) is 0 Å². The van der Waals surface area contributed by atoms with E-state index < -0.39 is 30.1 Å². The van der Waals surface area contributed by atoms with Gasteiger partial charge in [-0.1, -0.05) is 49.4 Å². The molecule has 1 saturated carbocycles. The van der Waals surface area contributed by atoms with E-state index in [0.29, 0.717) is 37.9 Å². The number of hydrogen-bond acceptors (Lipinski definition) is 5. The van der Waals surface area contributed by atoms with Gasteiger partial charge in [0.1, 0.15) is 0 Å². The van der Waals surface area contributed by atoms with E-state index in [-0.39, 0.29) is 37.1 Å². The van der Waals surface area contributed by atoms with Crippen molar-refractivity contribution < 1.29 is 38.0 Å². The zero-order chi connectivity index (χ0) is 25.8. The number of aliphatic hydroxyl groups is 3. The molecule has 0 radical (unpaired) electrons. The number of aliphatic hydroxyl groups excluding tert-OH is 3. The minimum Gasteiger partial charge on any atom is -0.466 e. The van der Waals surface area contributed by atoms with E-state index in [1.54, 1.807) is 18.2 Å². The summed E-state index contributed by atoms with van der Waals surface area (Å²) >= 11 is 0. The number of hydrogen-bond donors (Lipinski definition) is 3. The van der Waals surface area contributed by atoms with Gasteiger partial charge in [-0.2, -0.15) is 13.2 Å². The molecule has 0 spiro atoms. The van der Waals surface area contributed by atoms with Crippen molar-refractivity contribution in [2.45, 2.75) is 82.8 Å². The second kappa shape index (κ2) is 14.4. The van der Waals surface area contributed by atoms with Crippen molar-refractivity contribution >= 4 is 5.97 Å². The molecule has 1 aromatic carbocycles. The third-order valence-electron chi connectivity index (χ3n) is 6.25. The Labute approximate surface area is 205 Å². The number of allylic oxidation sites excluding steroid dienone is 2. The maximum atomic E-state index is 12.9. The number of halogens is 3. The summed E-state index contributed by atoms with van der Waals surface area (Å²) in [6.45, 7) is 2.37. The third-order valence-corrected chi connectivity index (χ3v) is 6.25. The van der Waals surface area contributed by atoms with Crippen LogP contribution in [-0.4, -0.2) is 46.2 Å². The molecule has 0 heterocycles. The van der Waals surface area contributed by atoms with Crippen molar-refractivity contribution in [3.05, 3.63) is 59.7 Å². The molecule has 1 aliphatic carbocycles. The van der Waals surface area contributed by atoms with Crippen molar-refractivity contribution in [2.24, 2.45) is 11.8 Å². The Morgan fingerprint density at radius 2 is 2.00 bits per heavy atom. The molecular formula is C27H37F3O5. The Bertz CT molecular complexity index is 836. The van der Waals surface area contributed by atoms with Crippen molar-refractivity contribution in [2.75, 3.05) is 6.61 Å². The van der Waals surface area contributed by atoms with E-state index in [1.165, 1.54) is 6.07 Å². The minimum absolute atomic E-state index is 0.202. The van der Waals surface area contributed by atoms with Gasteiger partial charge in [-0.3, -0.25) is 4.79 Å². The normalized spacial score (nSPS) is 23.9.